The number of nitrogens with zero attached hydrogens (tertiary/aromatic N) is 6. The minimum absolute atomic E-state index is 0.0659. The zero-order chi connectivity index (χ0) is 34.7. The average Bonchev–Trinajstić information content (AvgIpc) is 3.74. The summed E-state index contributed by atoms with van der Waals surface area (Å²) in [5.41, 5.74) is 4.68. The van der Waals surface area contributed by atoms with E-state index in [4.69, 9.17) is 37.4 Å². The molecular weight excluding hydrogens is 675 g/mol. The summed E-state index contributed by atoms with van der Waals surface area (Å²) < 4.78 is 22.2. The van der Waals surface area contributed by atoms with Crippen molar-refractivity contribution < 1.29 is 14.2 Å². The standard InChI is InChI=1S/C38H40Cl2N6O4/c1-3-27(2)46-37(47)45(26-42-46)32-9-7-30(8-10-32)43-17-19-44(20-18-43)31-11-13-33(14-12-31)48-24-34-25-49-38(50-34,22-28-5-4-16-41-23-28)35-15-6-29(39)21-36(35)40/h4-16,21,23,26-27,34H,3,17-20,22,24-25H2,1-2H3. The van der Waals surface area contributed by atoms with E-state index in [1.54, 1.807) is 40.1 Å². The quantitative estimate of drug-likeness (QED) is 0.146. The van der Waals surface area contributed by atoms with Crippen LogP contribution in [0.4, 0.5) is 11.4 Å². The molecule has 50 heavy (non-hydrogen) atoms. The Bertz CT molecular complexity index is 1950. The fraction of sp³-hybridized carbons (Fsp3) is 0.342. The summed E-state index contributed by atoms with van der Waals surface area (Å²) in [4.78, 5) is 21.8. The SMILES string of the molecule is CCC(C)n1ncn(-c2ccc(N3CCN(c4ccc(OCC5COC(Cc6cccnc6)(c6ccc(Cl)cc6Cl)O5)cc4)CC3)cc2)c1=O. The topological polar surface area (TPSA) is 86.9 Å². The third-order valence-electron chi connectivity index (χ3n) is 9.47. The van der Waals surface area contributed by atoms with Gasteiger partial charge in [0.05, 0.1) is 23.4 Å². The maximum Gasteiger partial charge on any atom is 0.350 e. The van der Waals surface area contributed by atoms with Gasteiger partial charge in [0.1, 0.15) is 24.8 Å². The molecule has 3 atom stereocenters. The smallest absolute Gasteiger partial charge is 0.350 e. The summed E-state index contributed by atoms with van der Waals surface area (Å²) >= 11 is 12.8. The van der Waals surface area contributed by atoms with E-state index >= 15 is 0 Å². The van der Waals surface area contributed by atoms with Gasteiger partial charge in [-0.1, -0.05) is 42.3 Å². The predicted molar refractivity (Wildman–Crippen MR) is 196 cm³/mol. The predicted octanol–water partition coefficient (Wildman–Crippen LogP) is 6.92. The lowest BCUT2D eigenvalue weighted by Crippen LogP contribution is -2.46. The van der Waals surface area contributed by atoms with E-state index in [0.717, 1.165) is 66.5 Å². The molecule has 10 nitrogen and oxygen atoms in total. The zero-order valence-corrected chi connectivity index (χ0v) is 29.6. The van der Waals surface area contributed by atoms with Crippen LogP contribution in [0.15, 0.2) is 102 Å². The lowest BCUT2D eigenvalue weighted by Gasteiger charge is -2.37. The Morgan fingerprint density at radius 3 is 2.26 bits per heavy atom. The molecule has 5 aromatic rings. The Kier molecular flexibility index (Phi) is 10.1. The van der Waals surface area contributed by atoms with Crippen molar-refractivity contribution in [3.63, 3.8) is 0 Å². The minimum atomic E-state index is -1.08. The van der Waals surface area contributed by atoms with Gasteiger partial charge in [-0.15, -0.1) is 0 Å². The van der Waals surface area contributed by atoms with E-state index < -0.39 is 5.79 Å². The molecule has 7 rings (SSSR count). The first-order valence-electron chi connectivity index (χ1n) is 17.0. The Balaban J connectivity index is 0.930. The molecule has 0 bridgehead atoms. The van der Waals surface area contributed by atoms with Gasteiger partial charge < -0.3 is 24.0 Å². The molecule has 4 heterocycles. The molecule has 0 aliphatic carbocycles. The highest BCUT2D eigenvalue weighted by Gasteiger charge is 2.45. The van der Waals surface area contributed by atoms with E-state index in [-0.39, 0.29) is 17.8 Å². The number of halogens is 2. The molecule has 2 aromatic heterocycles. The average molecular weight is 716 g/mol. The molecule has 0 N–H and O–H groups in total. The van der Waals surface area contributed by atoms with Crippen LogP contribution in [0.5, 0.6) is 5.75 Å². The van der Waals surface area contributed by atoms with Crippen molar-refractivity contribution in [3.05, 3.63) is 129 Å². The molecule has 0 radical (unpaired) electrons. The van der Waals surface area contributed by atoms with Gasteiger partial charge in [-0.3, -0.25) is 4.98 Å². The Hall–Kier alpha value is -4.35. The number of pyridine rings is 1. The summed E-state index contributed by atoms with van der Waals surface area (Å²) in [5.74, 6) is -0.317. The number of piperazine rings is 1. The lowest BCUT2D eigenvalue weighted by atomic mass is 9.98. The van der Waals surface area contributed by atoms with Crippen LogP contribution in [-0.4, -0.2) is 64.8 Å². The van der Waals surface area contributed by atoms with Gasteiger partial charge in [-0.05, 0) is 85.6 Å². The highest BCUT2D eigenvalue weighted by Crippen LogP contribution is 2.41. The zero-order valence-electron chi connectivity index (χ0n) is 28.1. The molecule has 2 aliphatic rings. The number of aromatic nitrogens is 4. The lowest BCUT2D eigenvalue weighted by molar-refractivity contribution is -0.178. The minimum Gasteiger partial charge on any atom is -0.491 e. The van der Waals surface area contributed by atoms with Crippen LogP contribution in [0.2, 0.25) is 10.0 Å². The van der Waals surface area contributed by atoms with Gasteiger partial charge in [0, 0.05) is 67.0 Å². The van der Waals surface area contributed by atoms with Crippen LogP contribution in [0, 0.1) is 0 Å². The normalized spacial score (nSPS) is 19.9. The van der Waals surface area contributed by atoms with Crippen LogP contribution in [0.1, 0.15) is 37.4 Å². The van der Waals surface area contributed by atoms with E-state index in [0.29, 0.717) is 29.7 Å². The Labute approximate surface area is 301 Å². The van der Waals surface area contributed by atoms with Crippen molar-refractivity contribution in [2.24, 2.45) is 0 Å². The number of hydrogen-bond donors (Lipinski definition) is 0. The third kappa shape index (κ3) is 7.25. The second kappa shape index (κ2) is 14.9. The maximum atomic E-state index is 12.8. The number of rotatable bonds is 11. The molecule has 260 valence electrons. The molecule has 2 fully saturated rings. The second-order valence-electron chi connectivity index (χ2n) is 12.7. The van der Waals surface area contributed by atoms with E-state index in [2.05, 4.69) is 44.1 Å². The highest BCUT2D eigenvalue weighted by atomic mass is 35.5. The summed E-state index contributed by atoms with van der Waals surface area (Å²) in [6.45, 7) is 8.29. The van der Waals surface area contributed by atoms with Gasteiger partial charge in [0.15, 0.2) is 0 Å². The third-order valence-corrected chi connectivity index (χ3v) is 10.0. The first-order chi connectivity index (χ1) is 24.3. The van der Waals surface area contributed by atoms with E-state index in [1.165, 1.54) is 0 Å². The maximum absolute atomic E-state index is 12.8. The number of anilines is 2. The van der Waals surface area contributed by atoms with Crippen LogP contribution < -0.4 is 20.2 Å². The molecule has 3 aromatic carbocycles. The van der Waals surface area contributed by atoms with Crippen LogP contribution in [-0.2, 0) is 21.7 Å². The first kappa shape index (κ1) is 34.1. The summed E-state index contributed by atoms with van der Waals surface area (Å²) in [6, 6.07) is 25.6. The molecule has 0 spiro atoms. The van der Waals surface area contributed by atoms with Crippen molar-refractivity contribution in [3.8, 4) is 11.4 Å². The van der Waals surface area contributed by atoms with Crippen molar-refractivity contribution in [1.29, 1.82) is 0 Å². The molecule has 2 aliphatic heterocycles. The first-order valence-corrected chi connectivity index (χ1v) is 17.7. The van der Waals surface area contributed by atoms with E-state index in [1.807, 2.05) is 56.3 Å². The molecule has 0 amide bonds. The van der Waals surface area contributed by atoms with Crippen molar-refractivity contribution in [2.45, 2.75) is 44.6 Å². The highest BCUT2D eigenvalue weighted by molar-refractivity contribution is 6.35. The van der Waals surface area contributed by atoms with Gasteiger partial charge in [0.2, 0.25) is 5.79 Å². The Morgan fingerprint density at radius 2 is 1.62 bits per heavy atom. The Morgan fingerprint density at radius 1 is 0.940 bits per heavy atom. The molecular formula is C38H40Cl2N6O4. The number of ether oxygens (including phenoxy) is 3. The van der Waals surface area contributed by atoms with Gasteiger partial charge in [0.25, 0.3) is 0 Å². The molecule has 12 heteroatoms. The van der Waals surface area contributed by atoms with Gasteiger partial charge in [-0.2, -0.15) is 5.10 Å². The van der Waals surface area contributed by atoms with Crippen LogP contribution >= 0.6 is 23.2 Å². The van der Waals surface area contributed by atoms with Crippen molar-refractivity contribution in [1.82, 2.24) is 19.3 Å². The number of benzene rings is 3. The molecule has 3 unspecified atom stereocenters. The molecule has 0 saturated carbocycles. The largest absolute Gasteiger partial charge is 0.491 e. The van der Waals surface area contributed by atoms with Crippen molar-refractivity contribution >= 4 is 34.6 Å². The fourth-order valence-corrected chi connectivity index (χ4v) is 7.06. The fourth-order valence-electron chi connectivity index (χ4n) is 6.50. The van der Waals surface area contributed by atoms with E-state index in [9.17, 15) is 4.79 Å². The monoisotopic (exact) mass is 714 g/mol. The summed E-state index contributed by atoms with van der Waals surface area (Å²) in [7, 11) is 0. The van der Waals surface area contributed by atoms with Crippen LogP contribution in [0.3, 0.4) is 0 Å². The summed E-state index contributed by atoms with van der Waals surface area (Å²) in [6.07, 6.45) is 6.13. The van der Waals surface area contributed by atoms with Gasteiger partial charge >= 0.3 is 5.69 Å². The number of hydrogen-bond acceptors (Lipinski definition) is 8. The van der Waals surface area contributed by atoms with Crippen molar-refractivity contribution in [2.75, 3.05) is 49.2 Å². The molecule has 2 saturated heterocycles. The second-order valence-corrected chi connectivity index (χ2v) is 13.6. The summed E-state index contributed by atoms with van der Waals surface area (Å²) in [5, 5.41) is 5.33. The van der Waals surface area contributed by atoms with Crippen LogP contribution in [0.25, 0.3) is 5.69 Å². The van der Waals surface area contributed by atoms with Gasteiger partial charge in [-0.25, -0.2) is 14.0 Å².